The summed E-state index contributed by atoms with van der Waals surface area (Å²) in [5, 5.41) is 10.2. The van der Waals surface area contributed by atoms with Crippen molar-refractivity contribution < 1.29 is 14.7 Å². The molecule has 3 nitrogen and oxygen atoms in total. The fraction of sp³-hybridized carbons (Fsp3) is 0.889. The fourth-order valence-corrected chi connectivity index (χ4v) is 2.53. The third-order valence-electron chi connectivity index (χ3n) is 3.90. The third kappa shape index (κ3) is 17.1. The summed E-state index contributed by atoms with van der Waals surface area (Å²) in [6, 6.07) is 0. The van der Waals surface area contributed by atoms with Gasteiger partial charge in [0.1, 0.15) is 5.78 Å². The van der Waals surface area contributed by atoms with Crippen molar-refractivity contribution in [3.05, 3.63) is 0 Å². The zero-order chi connectivity index (χ0) is 15.8. The van der Waals surface area contributed by atoms with E-state index in [4.69, 9.17) is 0 Å². The molecule has 0 spiro atoms. The van der Waals surface area contributed by atoms with Crippen molar-refractivity contribution in [1.29, 1.82) is 0 Å². The smallest absolute Gasteiger partial charge is 0.132 e. The van der Waals surface area contributed by atoms with Gasteiger partial charge >= 0.3 is 0 Å². The first-order valence-corrected chi connectivity index (χ1v) is 8.88. The Kier molecular flexibility index (Phi) is 14.9. The lowest BCUT2D eigenvalue weighted by Gasteiger charge is -2.03. The molecule has 0 aliphatic heterocycles. The Labute approximate surface area is 130 Å². The Balaban J connectivity index is 3.17. The highest BCUT2D eigenvalue weighted by Crippen LogP contribution is 2.12. The molecule has 0 saturated heterocycles. The van der Waals surface area contributed by atoms with Crippen molar-refractivity contribution in [2.75, 3.05) is 0 Å². The highest BCUT2D eigenvalue weighted by Gasteiger charge is 2.02. The van der Waals surface area contributed by atoms with Gasteiger partial charge in [-0.2, -0.15) is 0 Å². The molecule has 0 atom stereocenters. The lowest BCUT2D eigenvalue weighted by molar-refractivity contribution is -0.305. The van der Waals surface area contributed by atoms with Crippen molar-refractivity contribution in [3.63, 3.8) is 0 Å². The lowest BCUT2D eigenvalue weighted by Crippen LogP contribution is -2.21. The quantitative estimate of drug-likeness (QED) is 0.402. The predicted octanol–water partition coefficient (Wildman–Crippen LogP) is 4.18. The van der Waals surface area contributed by atoms with Crippen molar-refractivity contribution in [1.82, 2.24) is 0 Å². The van der Waals surface area contributed by atoms with E-state index in [1.165, 1.54) is 51.4 Å². The largest absolute Gasteiger partial charge is 0.550 e. The molecule has 0 bridgehead atoms. The number of unbranched alkanes of at least 4 members (excludes halogenated alkanes) is 10. The van der Waals surface area contributed by atoms with Crippen molar-refractivity contribution in [2.24, 2.45) is 0 Å². The van der Waals surface area contributed by atoms with Crippen LogP contribution in [0.2, 0.25) is 0 Å². The number of hydrogen-bond acceptors (Lipinski definition) is 3. The first-order chi connectivity index (χ1) is 10.2. The average Bonchev–Trinajstić information content (AvgIpc) is 2.45. The third-order valence-corrected chi connectivity index (χ3v) is 3.90. The van der Waals surface area contributed by atoms with Crippen LogP contribution in [0.5, 0.6) is 0 Å². The molecule has 3 heteroatoms. The van der Waals surface area contributed by atoms with E-state index in [-0.39, 0.29) is 6.42 Å². The minimum atomic E-state index is -0.990. The van der Waals surface area contributed by atoms with E-state index >= 15 is 0 Å². The summed E-state index contributed by atoms with van der Waals surface area (Å²) in [6.07, 6.45) is 15.2. The first-order valence-electron chi connectivity index (χ1n) is 8.88. The van der Waals surface area contributed by atoms with Crippen LogP contribution in [0, 0.1) is 0 Å². The standard InChI is InChI=1S/C18H34O3/c1-2-3-4-5-6-7-8-9-11-14-17(19)15-12-10-13-16-18(20)21/h2-16H2,1H3,(H,20,21)/p-1. The average molecular weight is 297 g/mol. The van der Waals surface area contributed by atoms with Gasteiger partial charge in [0, 0.05) is 18.8 Å². The van der Waals surface area contributed by atoms with Crippen molar-refractivity contribution in [2.45, 2.75) is 103 Å². The molecule has 0 radical (unpaired) electrons. The summed E-state index contributed by atoms with van der Waals surface area (Å²) in [7, 11) is 0. The topological polar surface area (TPSA) is 57.2 Å². The van der Waals surface area contributed by atoms with E-state index in [9.17, 15) is 14.7 Å². The summed E-state index contributed by atoms with van der Waals surface area (Å²) < 4.78 is 0. The minimum absolute atomic E-state index is 0.118. The van der Waals surface area contributed by atoms with Crippen LogP contribution in [-0.4, -0.2) is 11.8 Å². The lowest BCUT2D eigenvalue weighted by atomic mass is 10.0. The molecular formula is C18H33O3-. The van der Waals surface area contributed by atoms with Crippen LogP contribution in [0.1, 0.15) is 103 Å². The Bertz CT molecular complexity index is 261. The Morgan fingerprint density at radius 2 is 1.00 bits per heavy atom. The van der Waals surface area contributed by atoms with Gasteiger partial charge in [0.25, 0.3) is 0 Å². The van der Waals surface area contributed by atoms with E-state index in [0.29, 0.717) is 25.0 Å². The summed E-state index contributed by atoms with van der Waals surface area (Å²) in [4.78, 5) is 21.8. The van der Waals surface area contributed by atoms with Crippen LogP contribution >= 0.6 is 0 Å². The molecule has 0 amide bonds. The molecular weight excluding hydrogens is 264 g/mol. The van der Waals surface area contributed by atoms with Gasteiger partial charge in [-0.15, -0.1) is 0 Å². The summed E-state index contributed by atoms with van der Waals surface area (Å²) in [5.74, 6) is -0.651. The second kappa shape index (κ2) is 15.5. The second-order valence-electron chi connectivity index (χ2n) is 6.05. The van der Waals surface area contributed by atoms with E-state index in [2.05, 4.69) is 6.92 Å². The van der Waals surface area contributed by atoms with E-state index in [1.54, 1.807) is 0 Å². The van der Waals surface area contributed by atoms with Gasteiger partial charge in [-0.3, -0.25) is 4.79 Å². The summed E-state index contributed by atoms with van der Waals surface area (Å²) >= 11 is 0. The van der Waals surface area contributed by atoms with Gasteiger partial charge in [-0.1, -0.05) is 64.7 Å². The number of ketones is 1. The van der Waals surface area contributed by atoms with Gasteiger partial charge in [-0.05, 0) is 25.7 Å². The molecule has 0 aliphatic carbocycles. The maximum absolute atomic E-state index is 11.6. The zero-order valence-corrected chi connectivity index (χ0v) is 13.8. The Morgan fingerprint density at radius 3 is 1.48 bits per heavy atom. The van der Waals surface area contributed by atoms with Crippen LogP contribution in [0.3, 0.4) is 0 Å². The van der Waals surface area contributed by atoms with Gasteiger partial charge in [0.05, 0.1) is 0 Å². The van der Waals surface area contributed by atoms with Crippen LogP contribution in [-0.2, 0) is 9.59 Å². The Hall–Kier alpha value is -0.860. The maximum Gasteiger partial charge on any atom is 0.132 e. The van der Waals surface area contributed by atoms with Crippen LogP contribution < -0.4 is 5.11 Å². The molecule has 21 heavy (non-hydrogen) atoms. The molecule has 0 rings (SSSR count). The SMILES string of the molecule is CCCCCCCCCCCC(=O)CCCCCC(=O)[O-]. The first kappa shape index (κ1) is 20.1. The number of carboxylic acids is 1. The second-order valence-corrected chi connectivity index (χ2v) is 6.05. The fourth-order valence-electron chi connectivity index (χ4n) is 2.53. The summed E-state index contributed by atoms with van der Waals surface area (Å²) in [5.41, 5.74) is 0. The van der Waals surface area contributed by atoms with E-state index in [0.717, 1.165) is 19.3 Å². The van der Waals surface area contributed by atoms with Gasteiger partial charge in [0.15, 0.2) is 0 Å². The van der Waals surface area contributed by atoms with E-state index < -0.39 is 5.97 Å². The van der Waals surface area contributed by atoms with Crippen LogP contribution in [0.4, 0.5) is 0 Å². The van der Waals surface area contributed by atoms with Gasteiger partial charge in [0.2, 0.25) is 0 Å². The molecule has 0 aromatic carbocycles. The zero-order valence-electron chi connectivity index (χ0n) is 13.8. The van der Waals surface area contributed by atoms with Gasteiger partial charge < -0.3 is 9.90 Å². The normalized spacial score (nSPS) is 10.7. The molecule has 0 saturated carbocycles. The van der Waals surface area contributed by atoms with Gasteiger partial charge in [-0.25, -0.2) is 0 Å². The van der Waals surface area contributed by atoms with Crippen LogP contribution in [0.25, 0.3) is 0 Å². The molecule has 124 valence electrons. The number of hydrogen-bond donors (Lipinski definition) is 0. The molecule has 0 heterocycles. The molecule has 0 aliphatic rings. The van der Waals surface area contributed by atoms with Crippen molar-refractivity contribution in [3.8, 4) is 0 Å². The number of Topliss-reactive ketones (excluding diaryl/α,β-unsaturated/α-hetero) is 1. The number of aliphatic carboxylic acids is 1. The molecule has 0 unspecified atom stereocenters. The predicted molar refractivity (Wildman–Crippen MR) is 84.9 cm³/mol. The van der Waals surface area contributed by atoms with Crippen molar-refractivity contribution >= 4 is 11.8 Å². The molecule has 0 aromatic rings. The number of carboxylic acid groups (broad SMARTS) is 1. The summed E-state index contributed by atoms with van der Waals surface area (Å²) in [6.45, 7) is 2.24. The van der Waals surface area contributed by atoms with Crippen LogP contribution in [0.15, 0.2) is 0 Å². The number of carbonyl (C=O) groups excluding carboxylic acids is 2. The van der Waals surface area contributed by atoms with E-state index in [1.807, 2.05) is 0 Å². The molecule has 0 aromatic heterocycles. The number of carbonyl (C=O) groups is 2. The minimum Gasteiger partial charge on any atom is -0.550 e. The highest BCUT2D eigenvalue weighted by molar-refractivity contribution is 5.78. The molecule has 0 N–H and O–H groups in total. The number of rotatable bonds is 16. The molecule has 0 fully saturated rings. The monoisotopic (exact) mass is 297 g/mol. The Morgan fingerprint density at radius 1 is 0.619 bits per heavy atom. The maximum atomic E-state index is 11.6. The highest BCUT2D eigenvalue weighted by atomic mass is 16.4.